The van der Waals surface area contributed by atoms with E-state index in [1.54, 1.807) is 18.5 Å². The predicted octanol–water partition coefficient (Wildman–Crippen LogP) is 5.74. The Labute approximate surface area is 274 Å². The van der Waals surface area contributed by atoms with Crippen LogP contribution in [0.4, 0.5) is 14.5 Å². The van der Waals surface area contributed by atoms with Crippen molar-refractivity contribution in [1.82, 2.24) is 14.5 Å². The number of anilines is 1. The second kappa shape index (κ2) is 13.8. The second-order valence-electron chi connectivity index (χ2n) is 11.5. The first-order valence-corrected chi connectivity index (χ1v) is 15.7. The monoisotopic (exact) mass is 654 g/mol. The van der Waals surface area contributed by atoms with E-state index in [-0.39, 0.29) is 22.7 Å². The number of hydrogen-bond acceptors (Lipinski definition) is 8. The number of hydrogen-bond donors (Lipinski definition) is 1. The molecular weight excluding hydrogens is 622 g/mol. The number of pyridine rings is 2. The lowest BCUT2D eigenvalue weighted by atomic mass is 10.1. The molecule has 0 atom stereocenters. The molecule has 0 radical (unpaired) electrons. The molecule has 0 aliphatic carbocycles. The Morgan fingerprint density at radius 3 is 2.60 bits per heavy atom. The molecular formula is C36H32F2N4O6. The highest BCUT2D eigenvalue weighted by atomic mass is 19.1. The fraction of sp³-hybridized carbons (Fsp3) is 0.250. The van der Waals surface area contributed by atoms with Crippen LogP contribution >= 0.6 is 0 Å². The zero-order valence-corrected chi connectivity index (χ0v) is 25.9. The van der Waals surface area contributed by atoms with Crippen molar-refractivity contribution < 1.29 is 32.5 Å². The van der Waals surface area contributed by atoms with Gasteiger partial charge in [0.2, 0.25) is 0 Å². The van der Waals surface area contributed by atoms with E-state index in [9.17, 15) is 14.0 Å². The topological polar surface area (TPSA) is 104 Å². The van der Waals surface area contributed by atoms with Crippen LogP contribution in [0.3, 0.4) is 0 Å². The van der Waals surface area contributed by atoms with E-state index < -0.39 is 23.1 Å². The lowest BCUT2D eigenvalue weighted by Crippen LogP contribution is -2.37. The number of morpholine rings is 1. The SMILES string of the molecule is O=C(Nc1ccc(Oc2ccnc3ccc(OCCCN4CCOCC4)cc23)c(F)c1)c1c2c(cn(-c3ccc(F)cc3)c1=O)CCO2. The highest BCUT2D eigenvalue weighted by Gasteiger charge is 2.27. The minimum absolute atomic E-state index is 0.0695. The first kappa shape index (κ1) is 31.3. The maximum atomic E-state index is 15.4. The molecule has 0 saturated carbocycles. The van der Waals surface area contributed by atoms with Gasteiger partial charge in [-0.2, -0.15) is 0 Å². The van der Waals surface area contributed by atoms with Gasteiger partial charge in [0.1, 0.15) is 28.6 Å². The Kier molecular flexibility index (Phi) is 8.99. The predicted molar refractivity (Wildman–Crippen MR) is 175 cm³/mol. The summed E-state index contributed by atoms with van der Waals surface area (Å²) in [6.07, 6.45) is 4.52. The van der Waals surface area contributed by atoms with Crippen LogP contribution in [0.25, 0.3) is 16.6 Å². The molecule has 4 heterocycles. The third-order valence-electron chi connectivity index (χ3n) is 8.26. The van der Waals surface area contributed by atoms with Gasteiger partial charge in [-0.3, -0.25) is 24.0 Å². The van der Waals surface area contributed by atoms with Crippen LogP contribution in [-0.4, -0.2) is 66.4 Å². The lowest BCUT2D eigenvalue weighted by molar-refractivity contribution is 0.0358. The molecule has 48 heavy (non-hydrogen) atoms. The lowest BCUT2D eigenvalue weighted by Gasteiger charge is -2.26. The standard InChI is InChI=1S/C36H32F2N4O6/c37-24-2-5-26(6-3-24)42-22-23-11-17-47-34(23)33(36(42)44)35(43)40-25-4-9-32(29(38)20-25)48-31-10-12-39-30-8-7-27(21-28(30)31)46-16-1-13-41-14-18-45-19-15-41/h2-10,12,20-22H,1,11,13-19H2,(H,40,43). The highest BCUT2D eigenvalue weighted by Crippen LogP contribution is 2.34. The Bertz CT molecular complexity index is 2030. The minimum atomic E-state index is -0.764. The van der Waals surface area contributed by atoms with Crippen LogP contribution in [0.2, 0.25) is 0 Å². The molecule has 0 spiro atoms. The normalized spacial score (nSPS) is 14.4. The maximum absolute atomic E-state index is 15.4. The highest BCUT2D eigenvalue weighted by molar-refractivity contribution is 6.06. The van der Waals surface area contributed by atoms with E-state index in [0.717, 1.165) is 45.3 Å². The zero-order chi connectivity index (χ0) is 33.0. The number of halogens is 2. The molecule has 246 valence electrons. The number of carbonyl (C=O) groups is 1. The average molecular weight is 655 g/mol. The summed E-state index contributed by atoms with van der Waals surface area (Å²) in [5.74, 6) is -0.804. The summed E-state index contributed by atoms with van der Waals surface area (Å²) in [7, 11) is 0. The third kappa shape index (κ3) is 6.71. The van der Waals surface area contributed by atoms with Gasteiger partial charge in [0, 0.05) is 66.8 Å². The average Bonchev–Trinajstić information content (AvgIpc) is 3.57. The van der Waals surface area contributed by atoms with Crippen LogP contribution in [0.5, 0.6) is 23.0 Å². The molecule has 3 aromatic carbocycles. The van der Waals surface area contributed by atoms with E-state index in [1.165, 1.54) is 41.0 Å². The minimum Gasteiger partial charge on any atom is -0.494 e. The van der Waals surface area contributed by atoms with E-state index in [1.807, 2.05) is 18.2 Å². The van der Waals surface area contributed by atoms with Crippen molar-refractivity contribution >= 4 is 22.5 Å². The Balaban J connectivity index is 1.06. The van der Waals surface area contributed by atoms with Gasteiger partial charge in [-0.25, -0.2) is 8.78 Å². The molecule has 0 bridgehead atoms. The van der Waals surface area contributed by atoms with Gasteiger partial charge in [0.25, 0.3) is 11.5 Å². The maximum Gasteiger partial charge on any atom is 0.271 e. The summed E-state index contributed by atoms with van der Waals surface area (Å²) in [6, 6.07) is 16.5. The number of carbonyl (C=O) groups excluding carboxylic acids is 1. The molecule has 5 aromatic rings. The molecule has 7 rings (SSSR count). The van der Waals surface area contributed by atoms with Gasteiger partial charge in [-0.05, 0) is 67.1 Å². The number of ether oxygens (including phenoxy) is 4. The number of rotatable bonds is 10. The summed E-state index contributed by atoms with van der Waals surface area (Å²) in [5, 5.41) is 3.26. The van der Waals surface area contributed by atoms with E-state index >= 15 is 4.39 Å². The molecule has 1 amide bonds. The van der Waals surface area contributed by atoms with E-state index in [4.69, 9.17) is 18.9 Å². The second-order valence-corrected chi connectivity index (χ2v) is 11.5. The van der Waals surface area contributed by atoms with Gasteiger partial charge >= 0.3 is 0 Å². The first-order chi connectivity index (χ1) is 23.4. The van der Waals surface area contributed by atoms with Crippen LogP contribution < -0.4 is 25.1 Å². The fourth-order valence-electron chi connectivity index (χ4n) is 5.81. The molecule has 2 aliphatic rings. The van der Waals surface area contributed by atoms with Gasteiger partial charge < -0.3 is 24.3 Å². The Hall–Kier alpha value is -5.33. The van der Waals surface area contributed by atoms with Crippen molar-refractivity contribution in [3.63, 3.8) is 0 Å². The van der Waals surface area contributed by atoms with E-state index in [0.29, 0.717) is 53.3 Å². The summed E-state index contributed by atoms with van der Waals surface area (Å²) >= 11 is 0. The van der Waals surface area contributed by atoms with Crippen molar-refractivity contribution in [2.24, 2.45) is 0 Å². The number of benzene rings is 3. The smallest absolute Gasteiger partial charge is 0.271 e. The molecule has 1 saturated heterocycles. The van der Waals surface area contributed by atoms with Crippen molar-refractivity contribution in [2.75, 3.05) is 51.4 Å². The zero-order valence-electron chi connectivity index (χ0n) is 25.9. The largest absolute Gasteiger partial charge is 0.494 e. The molecule has 2 aliphatic heterocycles. The van der Waals surface area contributed by atoms with Gasteiger partial charge in [0.15, 0.2) is 11.6 Å². The summed E-state index contributed by atoms with van der Waals surface area (Å²) < 4.78 is 53.2. The van der Waals surface area contributed by atoms with Crippen molar-refractivity contribution in [2.45, 2.75) is 12.8 Å². The number of nitrogens with zero attached hydrogens (tertiary/aromatic N) is 3. The van der Waals surface area contributed by atoms with Crippen LogP contribution in [0, 0.1) is 11.6 Å². The summed E-state index contributed by atoms with van der Waals surface area (Å²) in [5.41, 5.74) is 0.943. The molecule has 12 heteroatoms. The molecule has 10 nitrogen and oxygen atoms in total. The summed E-state index contributed by atoms with van der Waals surface area (Å²) in [6.45, 7) is 5.14. The van der Waals surface area contributed by atoms with Gasteiger partial charge in [-0.15, -0.1) is 0 Å². The number of aromatic nitrogens is 2. The van der Waals surface area contributed by atoms with E-state index in [2.05, 4.69) is 15.2 Å². The molecule has 1 fully saturated rings. The molecule has 0 unspecified atom stereocenters. The van der Waals surface area contributed by atoms with Crippen LogP contribution in [-0.2, 0) is 11.2 Å². The van der Waals surface area contributed by atoms with Crippen LogP contribution in [0.15, 0.2) is 83.9 Å². The van der Waals surface area contributed by atoms with Crippen molar-refractivity contribution in [3.05, 3.63) is 112 Å². The third-order valence-corrected chi connectivity index (χ3v) is 8.26. The summed E-state index contributed by atoms with van der Waals surface area (Å²) in [4.78, 5) is 33.6. The Morgan fingerprint density at radius 1 is 0.958 bits per heavy atom. The van der Waals surface area contributed by atoms with Crippen LogP contribution in [0.1, 0.15) is 22.3 Å². The van der Waals surface area contributed by atoms with Crippen molar-refractivity contribution in [3.8, 4) is 28.7 Å². The number of fused-ring (bicyclic) bond motifs is 2. The molecule has 1 N–H and O–H groups in total. The van der Waals surface area contributed by atoms with Gasteiger partial charge in [0.05, 0.1) is 31.9 Å². The number of amides is 1. The van der Waals surface area contributed by atoms with Crippen molar-refractivity contribution in [1.29, 1.82) is 0 Å². The first-order valence-electron chi connectivity index (χ1n) is 15.7. The Morgan fingerprint density at radius 2 is 1.79 bits per heavy atom. The fourth-order valence-corrected chi connectivity index (χ4v) is 5.81. The van der Waals surface area contributed by atoms with Gasteiger partial charge in [-0.1, -0.05) is 0 Å². The molecule has 2 aromatic heterocycles. The number of nitrogens with one attached hydrogen (secondary N) is 1. The quantitative estimate of drug-likeness (QED) is 0.190.